The molecule has 29 heavy (non-hydrogen) atoms. The molecule has 152 valence electrons. The SMILES string of the molecule is NC(=O)NC(=O)C(c1ccccc1)N1CCN(CC(=O)Nc2ccccc2)CC1. The number of nitrogens with zero attached hydrogens (tertiary/aromatic N) is 2. The van der Waals surface area contributed by atoms with Crippen LogP contribution < -0.4 is 16.4 Å². The lowest BCUT2D eigenvalue weighted by Crippen LogP contribution is -2.53. The van der Waals surface area contributed by atoms with E-state index in [1.807, 2.05) is 70.5 Å². The summed E-state index contributed by atoms with van der Waals surface area (Å²) < 4.78 is 0. The molecule has 0 bridgehead atoms. The zero-order chi connectivity index (χ0) is 20.6. The number of urea groups is 1. The summed E-state index contributed by atoms with van der Waals surface area (Å²) >= 11 is 0. The lowest BCUT2D eigenvalue weighted by Gasteiger charge is -2.38. The average Bonchev–Trinajstić information content (AvgIpc) is 2.70. The minimum atomic E-state index is -0.868. The van der Waals surface area contributed by atoms with Gasteiger partial charge in [-0.25, -0.2) is 4.79 Å². The van der Waals surface area contributed by atoms with Gasteiger partial charge in [0.15, 0.2) is 0 Å². The van der Waals surface area contributed by atoms with Gasteiger partial charge in [0.2, 0.25) is 11.8 Å². The van der Waals surface area contributed by atoms with Gasteiger partial charge < -0.3 is 11.1 Å². The van der Waals surface area contributed by atoms with Crippen LogP contribution in [0.5, 0.6) is 0 Å². The van der Waals surface area contributed by atoms with E-state index < -0.39 is 18.0 Å². The normalized spacial score (nSPS) is 16.0. The second-order valence-electron chi connectivity index (χ2n) is 6.89. The highest BCUT2D eigenvalue weighted by Gasteiger charge is 2.31. The molecular weight excluding hydrogens is 370 g/mol. The van der Waals surface area contributed by atoms with E-state index in [-0.39, 0.29) is 12.5 Å². The van der Waals surface area contributed by atoms with E-state index in [2.05, 4.69) is 10.6 Å². The Labute approximate surface area is 169 Å². The Morgan fingerprint density at radius 1 is 0.897 bits per heavy atom. The highest BCUT2D eigenvalue weighted by Crippen LogP contribution is 2.22. The monoisotopic (exact) mass is 395 g/mol. The summed E-state index contributed by atoms with van der Waals surface area (Å²) in [6, 6.07) is 17.1. The first-order valence-corrected chi connectivity index (χ1v) is 9.49. The third-order valence-corrected chi connectivity index (χ3v) is 4.81. The summed E-state index contributed by atoms with van der Waals surface area (Å²) in [5.74, 6) is -0.519. The number of primary amides is 1. The maximum absolute atomic E-state index is 12.6. The van der Waals surface area contributed by atoms with Crippen LogP contribution in [-0.2, 0) is 9.59 Å². The van der Waals surface area contributed by atoms with Gasteiger partial charge in [-0.05, 0) is 17.7 Å². The van der Waals surface area contributed by atoms with Crippen molar-refractivity contribution in [3.05, 3.63) is 66.2 Å². The van der Waals surface area contributed by atoms with Crippen molar-refractivity contribution in [2.45, 2.75) is 6.04 Å². The largest absolute Gasteiger partial charge is 0.351 e. The highest BCUT2D eigenvalue weighted by molar-refractivity contribution is 5.96. The molecule has 1 unspecified atom stereocenters. The van der Waals surface area contributed by atoms with Crippen LogP contribution in [0.1, 0.15) is 11.6 Å². The molecule has 8 heteroatoms. The molecule has 2 aromatic rings. The van der Waals surface area contributed by atoms with Gasteiger partial charge in [-0.15, -0.1) is 0 Å². The van der Waals surface area contributed by atoms with E-state index in [1.165, 1.54) is 0 Å². The van der Waals surface area contributed by atoms with Crippen molar-refractivity contribution in [3.8, 4) is 0 Å². The van der Waals surface area contributed by atoms with Crippen LogP contribution in [0, 0.1) is 0 Å². The Bertz CT molecular complexity index is 836. The fraction of sp³-hybridized carbons (Fsp3) is 0.286. The highest BCUT2D eigenvalue weighted by atomic mass is 16.2. The van der Waals surface area contributed by atoms with E-state index in [4.69, 9.17) is 5.73 Å². The number of piperazine rings is 1. The number of benzene rings is 2. The number of amides is 4. The van der Waals surface area contributed by atoms with Crippen LogP contribution in [0.15, 0.2) is 60.7 Å². The minimum Gasteiger partial charge on any atom is -0.351 e. The number of carbonyl (C=O) groups excluding carboxylic acids is 3. The van der Waals surface area contributed by atoms with E-state index in [9.17, 15) is 14.4 Å². The molecule has 4 amide bonds. The summed E-state index contributed by atoms with van der Waals surface area (Å²) in [4.78, 5) is 40.1. The van der Waals surface area contributed by atoms with Crippen molar-refractivity contribution in [2.75, 3.05) is 38.0 Å². The van der Waals surface area contributed by atoms with Crippen molar-refractivity contribution in [2.24, 2.45) is 5.73 Å². The molecule has 8 nitrogen and oxygen atoms in total. The lowest BCUT2D eigenvalue weighted by atomic mass is 10.0. The Morgan fingerprint density at radius 2 is 1.48 bits per heavy atom. The zero-order valence-corrected chi connectivity index (χ0v) is 16.1. The van der Waals surface area contributed by atoms with Crippen LogP contribution in [0.25, 0.3) is 0 Å². The molecular formula is C21H25N5O3. The Balaban J connectivity index is 1.58. The van der Waals surface area contributed by atoms with Crippen molar-refractivity contribution < 1.29 is 14.4 Å². The Hall–Kier alpha value is -3.23. The first kappa shape index (κ1) is 20.5. The van der Waals surface area contributed by atoms with E-state index in [0.29, 0.717) is 26.2 Å². The molecule has 4 N–H and O–H groups in total. The average molecular weight is 395 g/mol. The van der Waals surface area contributed by atoms with Crippen molar-refractivity contribution in [3.63, 3.8) is 0 Å². The minimum absolute atomic E-state index is 0.0734. The maximum Gasteiger partial charge on any atom is 0.318 e. The topological polar surface area (TPSA) is 108 Å². The van der Waals surface area contributed by atoms with Gasteiger partial charge >= 0.3 is 6.03 Å². The van der Waals surface area contributed by atoms with Crippen LogP contribution in [-0.4, -0.2) is 60.4 Å². The molecule has 0 saturated carbocycles. The summed E-state index contributed by atoms with van der Waals surface area (Å²) in [5, 5.41) is 5.07. The molecule has 1 fully saturated rings. The van der Waals surface area contributed by atoms with Gasteiger partial charge in [0.1, 0.15) is 6.04 Å². The quantitative estimate of drug-likeness (QED) is 0.681. The number of nitrogens with one attached hydrogen (secondary N) is 2. The molecule has 0 spiro atoms. The number of hydrogen-bond acceptors (Lipinski definition) is 5. The summed E-state index contributed by atoms with van der Waals surface area (Å²) in [7, 11) is 0. The van der Waals surface area contributed by atoms with Crippen molar-refractivity contribution >= 4 is 23.5 Å². The third-order valence-electron chi connectivity index (χ3n) is 4.81. The Kier molecular flexibility index (Phi) is 6.94. The molecule has 2 aromatic carbocycles. The van der Waals surface area contributed by atoms with E-state index in [0.717, 1.165) is 11.3 Å². The summed E-state index contributed by atoms with van der Waals surface area (Å²) in [5.41, 5.74) is 6.70. The third kappa shape index (κ3) is 5.87. The first-order valence-electron chi connectivity index (χ1n) is 9.49. The molecule has 1 aliphatic rings. The lowest BCUT2D eigenvalue weighted by molar-refractivity contribution is -0.127. The molecule has 0 aromatic heterocycles. The van der Waals surface area contributed by atoms with Gasteiger partial charge in [0, 0.05) is 31.9 Å². The van der Waals surface area contributed by atoms with Gasteiger partial charge in [-0.2, -0.15) is 0 Å². The second-order valence-corrected chi connectivity index (χ2v) is 6.89. The van der Waals surface area contributed by atoms with Crippen LogP contribution in [0.3, 0.4) is 0 Å². The number of para-hydroxylation sites is 1. The smallest absolute Gasteiger partial charge is 0.318 e. The van der Waals surface area contributed by atoms with Crippen LogP contribution in [0.4, 0.5) is 10.5 Å². The molecule has 0 aliphatic carbocycles. The number of hydrogen-bond donors (Lipinski definition) is 3. The van der Waals surface area contributed by atoms with Crippen molar-refractivity contribution in [1.29, 1.82) is 0 Å². The van der Waals surface area contributed by atoms with E-state index >= 15 is 0 Å². The number of carbonyl (C=O) groups is 3. The molecule has 1 saturated heterocycles. The number of rotatable bonds is 6. The number of imide groups is 1. The predicted molar refractivity (Wildman–Crippen MR) is 110 cm³/mol. The van der Waals surface area contributed by atoms with E-state index in [1.54, 1.807) is 0 Å². The predicted octanol–water partition coefficient (Wildman–Crippen LogP) is 1.18. The fourth-order valence-corrected chi connectivity index (χ4v) is 3.46. The molecule has 1 aliphatic heterocycles. The summed E-state index contributed by atoms with van der Waals surface area (Å²) in [6.07, 6.45) is 0. The number of anilines is 1. The van der Waals surface area contributed by atoms with Crippen LogP contribution >= 0.6 is 0 Å². The zero-order valence-electron chi connectivity index (χ0n) is 16.1. The molecule has 1 heterocycles. The second kappa shape index (κ2) is 9.81. The first-order chi connectivity index (χ1) is 14.0. The standard InChI is InChI=1S/C21H25N5O3/c22-21(29)24-20(28)19(16-7-3-1-4-8-16)26-13-11-25(12-14-26)15-18(27)23-17-9-5-2-6-10-17/h1-10,19H,11-15H2,(H,23,27)(H3,22,24,28,29). The van der Waals surface area contributed by atoms with Crippen LogP contribution in [0.2, 0.25) is 0 Å². The van der Waals surface area contributed by atoms with Gasteiger partial charge in [-0.1, -0.05) is 48.5 Å². The summed E-state index contributed by atoms with van der Waals surface area (Å²) in [6.45, 7) is 2.73. The van der Waals surface area contributed by atoms with Crippen molar-refractivity contribution in [1.82, 2.24) is 15.1 Å². The Morgan fingerprint density at radius 3 is 2.07 bits per heavy atom. The molecule has 1 atom stereocenters. The van der Waals surface area contributed by atoms with Gasteiger partial charge in [0.05, 0.1) is 6.54 Å². The molecule has 3 rings (SSSR count). The van der Waals surface area contributed by atoms with Gasteiger partial charge in [-0.3, -0.25) is 24.7 Å². The maximum atomic E-state index is 12.6. The number of nitrogens with two attached hydrogens (primary N) is 1. The fourth-order valence-electron chi connectivity index (χ4n) is 3.46. The van der Waals surface area contributed by atoms with Gasteiger partial charge in [0.25, 0.3) is 0 Å². The molecule has 0 radical (unpaired) electrons.